The zero-order valence-corrected chi connectivity index (χ0v) is 8.86. The van der Waals surface area contributed by atoms with E-state index in [0.717, 1.165) is 6.54 Å². The zero-order chi connectivity index (χ0) is 7.40. The molecule has 0 amide bonds. The third-order valence-corrected chi connectivity index (χ3v) is 1.40. The van der Waals surface area contributed by atoms with Crippen LogP contribution in [0.4, 0.5) is 0 Å². The van der Waals surface area contributed by atoms with Crippen LogP contribution in [0.5, 0.6) is 0 Å². The molecule has 0 bridgehead atoms. The molecule has 1 aromatic rings. The monoisotopic (exact) mass is 264 g/mol. The van der Waals surface area contributed by atoms with Crippen LogP contribution in [-0.2, 0) is 6.54 Å². The van der Waals surface area contributed by atoms with Gasteiger partial charge in [0.15, 0.2) is 0 Å². The molecule has 2 nitrogen and oxygen atoms in total. The molecule has 0 aliphatic carbocycles. The smallest absolute Gasteiger partial charge is 0.248 e. The van der Waals surface area contributed by atoms with Crippen LogP contribution in [0.25, 0.3) is 6.20 Å². The Balaban J connectivity index is 0.000001000. The first-order valence-corrected chi connectivity index (χ1v) is 3.56. The number of hydrogen-bond acceptors (Lipinski definition) is 0. The number of aryl methyl sites for hydroxylation is 1. The molecule has 0 aliphatic rings. The summed E-state index contributed by atoms with van der Waals surface area (Å²) in [5.74, 6) is 0. The largest absolute Gasteiger partial charge is 1.00 e. The van der Waals surface area contributed by atoms with E-state index in [4.69, 9.17) is 0 Å². The molecule has 1 rings (SSSR count). The molecule has 3 heteroatoms. The molecule has 0 atom stereocenters. The van der Waals surface area contributed by atoms with Crippen molar-refractivity contribution in [1.82, 2.24) is 4.57 Å². The lowest BCUT2D eigenvalue weighted by Crippen LogP contribution is -3.00. The van der Waals surface area contributed by atoms with Gasteiger partial charge < -0.3 is 24.0 Å². The summed E-state index contributed by atoms with van der Waals surface area (Å²) >= 11 is 0. The molecule has 0 aromatic carbocycles. The summed E-state index contributed by atoms with van der Waals surface area (Å²) in [4.78, 5) is 0. The molecular formula is C8H13IN2. The first-order valence-electron chi connectivity index (χ1n) is 3.56. The maximum Gasteiger partial charge on any atom is 0.248 e. The molecule has 0 spiro atoms. The van der Waals surface area contributed by atoms with Gasteiger partial charge in [0.25, 0.3) is 0 Å². The van der Waals surface area contributed by atoms with Gasteiger partial charge in [0.1, 0.15) is 12.4 Å². The van der Waals surface area contributed by atoms with Crippen LogP contribution in [0.15, 0.2) is 25.3 Å². The van der Waals surface area contributed by atoms with E-state index in [9.17, 15) is 0 Å². The van der Waals surface area contributed by atoms with Crippen molar-refractivity contribution < 1.29 is 28.5 Å². The van der Waals surface area contributed by atoms with Crippen molar-refractivity contribution >= 4 is 6.20 Å². The Labute approximate surface area is 84.6 Å². The molecule has 0 fully saturated rings. The molecule has 1 aromatic heterocycles. The van der Waals surface area contributed by atoms with Crippen LogP contribution in [0, 0.1) is 0 Å². The van der Waals surface area contributed by atoms with Crippen molar-refractivity contribution in [1.29, 1.82) is 0 Å². The second-order valence-corrected chi connectivity index (χ2v) is 2.28. The van der Waals surface area contributed by atoms with Crippen LogP contribution in [-0.4, -0.2) is 4.57 Å². The molecule has 11 heavy (non-hydrogen) atoms. The SMILES string of the molecule is C=Cn1cc[n+](CCC)c1.[I-]. The summed E-state index contributed by atoms with van der Waals surface area (Å²) in [6, 6.07) is 0. The third-order valence-electron chi connectivity index (χ3n) is 1.40. The highest BCUT2D eigenvalue weighted by atomic mass is 127. The average molecular weight is 264 g/mol. The van der Waals surface area contributed by atoms with Gasteiger partial charge in [0.2, 0.25) is 6.33 Å². The van der Waals surface area contributed by atoms with E-state index in [1.807, 2.05) is 23.3 Å². The number of aromatic nitrogens is 2. The van der Waals surface area contributed by atoms with E-state index in [0.29, 0.717) is 0 Å². The third kappa shape index (κ3) is 3.05. The predicted molar refractivity (Wildman–Crippen MR) is 41.3 cm³/mol. The second kappa shape index (κ2) is 5.35. The zero-order valence-electron chi connectivity index (χ0n) is 6.70. The van der Waals surface area contributed by atoms with Crippen LogP contribution in [0.1, 0.15) is 13.3 Å². The van der Waals surface area contributed by atoms with Gasteiger partial charge >= 0.3 is 0 Å². The lowest BCUT2D eigenvalue weighted by atomic mass is 10.5. The van der Waals surface area contributed by atoms with Crippen LogP contribution < -0.4 is 28.5 Å². The molecular weight excluding hydrogens is 251 g/mol. The summed E-state index contributed by atoms with van der Waals surface area (Å²) in [7, 11) is 0. The van der Waals surface area contributed by atoms with Crippen molar-refractivity contribution in [2.24, 2.45) is 0 Å². The highest BCUT2D eigenvalue weighted by molar-refractivity contribution is 5.12. The van der Waals surface area contributed by atoms with Gasteiger partial charge in [-0.25, -0.2) is 9.13 Å². The summed E-state index contributed by atoms with van der Waals surface area (Å²) < 4.78 is 4.08. The molecule has 0 aliphatic heterocycles. The topological polar surface area (TPSA) is 8.81 Å². The molecule has 0 N–H and O–H groups in total. The summed E-state index contributed by atoms with van der Waals surface area (Å²) in [5, 5.41) is 0. The summed E-state index contributed by atoms with van der Waals surface area (Å²) in [5.41, 5.74) is 0. The molecule has 0 radical (unpaired) electrons. The van der Waals surface area contributed by atoms with Crippen LogP contribution >= 0.6 is 0 Å². The second-order valence-electron chi connectivity index (χ2n) is 2.28. The van der Waals surface area contributed by atoms with Gasteiger partial charge in [0.05, 0.1) is 12.7 Å². The Hall–Kier alpha value is -0.320. The van der Waals surface area contributed by atoms with E-state index in [-0.39, 0.29) is 24.0 Å². The fourth-order valence-corrected chi connectivity index (χ4v) is 0.909. The number of nitrogens with zero attached hydrogens (tertiary/aromatic N) is 2. The van der Waals surface area contributed by atoms with Crippen LogP contribution in [0.2, 0.25) is 0 Å². The van der Waals surface area contributed by atoms with Gasteiger partial charge in [-0.3, -0.25) is 0 Å². The minimum absolute atomic E-state index is 0. The Bertz CT molecular complexity index is 218. The maximum absolute atomic E-state index is 3.65. The molecule has 62 valence electrons. The lowest BCUT2D eigenvalue weighted by Gasteiger charge is -1.86. The number of halogens is 1. The Kier molecular flexibility index (Phi) is 5.19. The van der Waals surface area contributed by atoms with Crippen molar-refractivity contribution in [3.05, 3.63) is 25.3 Å². The number of imidazole rings is 1. The summed E-state index contributed by atoms with van der Waals surface area (Å²) in [6.07, 6.45) is 9.02. The van der Waals surface area contributed by atoms with E-state index < -0.39 is 0 Å². The average Bonchev–Trinajstić information content (AvgIpc) is 2.37. The molecule has 0 saturated carbocycles. The molecule has 1 heterocycles. The van der Waals surface area contributed by atoms with Crippen molar-refractivity contribution in [2.45, 2.75) is 19.9 Å². The predicted octanol–water partition coefficient (Wildman–Crippen LogP) is -1.71. The van der Waals surface area contributed by atoms with Crippen molar-refractivity contribution in [2.75, 3.05) is 0 Å². The number of rotatable bonds is 3. The van der Waals surface area contributed by atoms with Gasteiger partial charge in [-0.2, -0.15) is 0 Å². The van der Waals surface area contributed by atoms with E-state index >= 15 is 0 Å². The Morgan fingerprint density at radius 3 is 2.82 bits per heavy atom. The highest BCUT2D eigenvalue weighted by Gasteiger charge is 1.96. The normalized spacial score (nSPS) is 8.82. The maximum atomic E-state index is 3.65. The molecule has 0 unspecified atom stereocenters. The minimum atomic E-state index is 0. The van der Waals surface area contributed by atoms with E-state index in [1.54, 1.807) is 6.20 Å². The highest BCUT2D eigenvalue weighted by Crippen LogP contribution is 1.83. The fraction of sp³-hybridized carbons (Fsp3) is 0.375. The Morgan fingerprint density at radius 2 is 2.36 bits per heavy atom. The molecule has 0 saturated heterocycles. The first-order chi connectivity index (χ1) is 4.86. The minimum Gasteiger partial charge on any atom is -1.00 e. The van der Waals surface area contributed by atoms with E-state index in [2.05, 4.69) is 18.1 Å². The van der Waals surface area contributed by atoms with Crippen molar-refractivity contribution in [3.8, 4) is 0 Å². The Morgan fingerprint density at radius 1 is 1.64 bits per heavy atom. The standard InChI is InChI=1S/C8H13N2.HI/c1-3-5-10-7-6-9(4-2)8-10;/h4,6-8H,2-3,5H2,1H3;1H/q+1;/p-1. The summed E-state index contributed by atoms with van der Waals surface area (Å²) in [6.45, 7) is 6.90. The number of hydrogen-bond donors (Lipinski definition) is 0. The van der Waals surface area contributed by atoms with Crippen molar-refractivity contribution in [3.63, 3.8) is 0 Å². The van der Waals surface area contributed by atoms with Gasteiger partial charge in [-0.05, 0) is 6.42 Å². The van der Waals surface area contributed by atoms with Gasteiger partial charge in [-0.1, -0.05) is 13.5 Å². The van der Waals surface area contributed by atoms with Gasteiger partial charge in [-0.15, -0.1) is 0 Å². The quantitative estimate of drug-likeness (QED) is 0.454. The van der Waals surface area contributed by atoms with Crippen LogP contribution in [0.3, 0.4) is 0 Å². The fourth-order valence-electron chi connectivity index (χ4n) is 0.909. The first kappa shape index (κ1) is 10.7. The van der Waals surface area contributed by atoms with E-state index in [1.165, 1.54) is 6.42 Å². The van der Waals surface area contributed by atoms with Gasteiger partial charge in [0, 0.05) is 0 Å². The lowest BCUT2D eigenvalue weighted by molar-refractivity contribution is -0.696.